The normalized spacial score (nSPS) is 10.3. The average Bonchev–Trinajstić information content (AvgIpc) is 2.38. The summed E-state index contributed by atoms with van der Waals surface area (Å²) >= 11 is 8.23. The molecule has 0 heterocycles. The predicted octanol–water partition coefficient (Wildman–Crippen LogP) is 4.11. The van der Waals surface area contributed by atoms with Gasteiger partial charge < -0.3 is 10.5 Å². The van der Waals surface area contributed by atoms with E-state index >= 15 is 0 Å². The van der Waals surface area contributed by atoms with Crippen molar-refractivity contribution in [2.75, 3.05) is 0 Å². The molecule has 0 aliphatic rings. The van der Waals surface area contributed by atoms with E-state index in [-0.39, 0.29) is 17.4 Å². The van der Waals surface area contributed by atoms with E-state index < -0.39 is 0 Å². The molecule has 20 heavy (non-hydrogen) atoms. The SMILES string of the molecule is Cc1ccc(OCc2ccc(C(N)=S)cc2F)c(Br)c1. The largest absolute Gasteiger partial charge is 0.488 e. The van der Waals surface area contributed by atoms with Gasteiger partial charge in [-0.15, -0.1) is 0 Å². The van der Waals surface area contributed by atoms with E-state index in [1.54, 1.807) is 12.1 Å². The number of halogens is 2. The number of aryl methyl sites for hydroxylation is 1. The topological polar surface area (TPSA) is 35.2 Å². The predicted molar refractivity (Wildman–Crippen MR) is 85.5 cm³/mol. The van der Waals surface area contributed by atoms with Crippen LogP contribution in [0.4, 0.5) is 4.39 Å². The molecule has 0 atom stereocenters. The molecule has 0 spiro atoms. The fourth-order valence-electron chi connectivity index (χ4n) is 1.70. The molecule has 0 saturated carbocycles. The Labute approximate surface area is 130 Å². The van der Waals surface area contributed by atoms with Gasteiger partial charge in [-0.25, -0.2) is 4.39 Å². The summed E-state index contributed by atoms with van der Waals surface area (Å²) in [4.78, 5) is 0.178. The smallest absolute Gasteiger partial charge is 0.134 e. The van der Waals surface area contributed by atoms with E-state index in [0.717, 1.165) is 10.0 Å². The van der Waals surface area contributed by atoms with Gasteiger partial charge in [-0.2, -0.15) is 0 Å². The van der Waals surface area contributed by atoms with Gasteiger partial charge in [0, 0.05) is 11.1 Å². The van der Waals surface area contributed by atoms with Crippen molar-refractivity contribution in [1.82, 2.24) is 0 Å². The summed E-state index contributed by atoms with van der Waals surface area (Å²) in [5.41, 5.74) is 7.55. The van der Waals surface area contributed by atoms with Crippen LogP contribution in [-0.2, 0) is 6.61 Å². The first-order valence-corrected chi connectivity index (χ1v) is 7.14. The number of rotatable bonds is 4. The number of hydrogen-bond acceptors (Lipinski definition) is 2. The van der Waals surface area contributed by atoms with Crippen LogP contribution in [-0.4, -0.2) is 4.99 Å². The molecule has 2 nitrogen and oxygen atoms in total. The molecule has 5 heteroatoms. The number of nitrogens with two attached hydrogens (primary N) is 1. The van der Waals surface area contributed by atoms with Crippen molar-refractivity contribution in [2.24, 2.45) is 5.73 Å². The number of ether oxygens (including phenoxy) is 1. The average molecular weight is 354 g/mol. The molecule has 0 saturated heterocycles. The molecule has 2 aromatic rings. The molecule has 0 unspecified atom stereocenters. The highest BCUT2D eigenvalue weighted by Crippen LogP contribution is 2.26. The highest BCUT2D eigenvalue weighted by Gasteiger charge is 2.07. The maximum Gasteiger partial charge on any atom is 0.134 e. The van der Waals surface area contributed by atoms with Crippen LogP contribution in [0, 0.1) is 12.7 Å². The summed E-state index contributed by atoms with van der Waals surface area (Å²) in [6, 6.07) is 10.4. The lowest BCUT2D eigenvalue weighted by atomic mass is 10.1. The quantitative estimate of drug-likeness (QED) is 0.840. The zero-order valence-electron chi connectivity index (χ0n) is 10.8. The third kappa shape index (κ3) is 3.55. The van der Waals surface area contributed by atoms with Crippen molar-refractivity contribution in [3.8, 4) is 5.75 Å². The minimum atomic E-state index is -0.376. The molecular weight excluding hydrogens is 341 g/mol. The standard InChI is InChI=1S/C15H13BrFNOS/c1-9-2-5-14(12(16)6-9)19-8-11-4-3-10(15(18)20)7-13(11)17/h2-7H,8H2,1H3,(H2,18,20). The minimum absolute atomic E-state index is 0.144. The maximum absolute atomic E-state index is 13.9. The lowest BCUT2D eigenvalue weighted by molar-refractivity contribution is 0.298. The summed E-state index contributed by atoms with van der Waals surface area (Å²) in [5, 5.41) is 0. The van der Waals surface area contributed by atoms with Crippen molar-refractivity contribution in [1.29, 1.82) is 0 Å². The zero-order valence-corrected chi connectivity index (χ0v) is 13.2. The first-order chi connectivity index (χ1) is 9.47. The summed E-state index contributed by atoms with van der Waals surface area (Å²) in [7, 11) is 0. The van der Waals surface area contributed by atoms with E-state index in [9.17, 15) is 4.39 Å². The summed E-state index contributed by atoms with van der Waals surface area (Å²) < 4.78 is 20.3. The maximum atomic E-state index is 13.9. The Morgan fingerprint density at radius 2 is 2.05 bits per heavy atom. The Morgan fingerprint density at radius 1 is 1.30 bits per heavy atom. The molecule has 0 amide bonds. The molecule has 0 aromatic heterocycles. The summed E-state index contributed by atoms with van der Waals surface area (Å²) in [5.74, 6) is 0.298. The molecule has 104 valence electrons. The Morgan fingerprint density at radius 3 is 2.65 bits per heavy atom. The van der Waals surface area contributed by atoms with E-state index in [2.05, 4.69) is 15.9 Å². The number of benzene rings is 2. The summed E-state index contributed by atoms with van der Waals surface area (Å²) in [6.07, 6.45) is 0. The van der Waals surface area contributed by atoms with E-state index in [0.29, 0.717) is 16.9 Å². The van der Waals surface area contributed by atoms with Gasteiger partial charge in [-0.3, -0.25) is 0 Å². The van der Waals surface area contributed by atoms with Gasteiger partial charge in [-0.1, -0.05) is 30.4 Å². The van der Waals surface area contributed by atoms with Gasteiger partial charge in [0.05, 0.1) is 4.47 Å². The third-order valence-electron chi connectivity index (χ3n) is 2.81. The van der Waals surface area contributed by atoms with Crippen LogP contribution in [0.1, 0.15) is 16.7 Å². The van der Waals surface area contributed by atoms with Gasteiger partial charge in [0.15, 0.2) is 0 Å². The number of hydrogen-bond donors (Lipinski definition) is 1. The molecule has 0 aliphatic carbocycles. The second-order valence-electron chi connectivity index (χ2n) is 4.39. The van der Waals surface area contributed by atoms with E-state index in [4.69, 9.17) is 22.7 Å². The van der Waals surface area contributed by atoms with Crippen LogP contribution in [0.2, 0.25) is 0 Å². The highest BCUT2D eigenvalue weighted by atomic mass is 79.9. The molecular formula is C15H13BrFNOS. The second-order valence-corrected chi connectivity index (χ2v) is 5.69. The Hall–Kier alpha value is -1.46. The lowest BCUT2D eigenvalue weighted by Gasteiger charge is -2.10. The van der Waals surface area contributed by atoms with Crippen molar-refractivity contribution in [3.05, 3.63) is 63.4 Å². The Kier molecular flexibility index (Phi) is 4.73. The third-order valence-corrected chi connectivity index (χ3v) is 3.66. The molecule has 2 aromatic carbocycles. The lowest BCUT2D eigenvalue weighted by Crippen LogP contribution is -2.10. The molecule has 0 bridgehead atoms. The van der Waals surface area contributed by atoms with Gasteiger partial charge in [0.1, 0.15) is 23.2 Å². The van der Waals surface area contributed by atoms with Gasteiger partial charge in [0.25, 0.3) is 0 Å². The fraction of sp³-hybridized carbons (Fsp3) is 0.133. The van der Waals surface area contributed by atoms with Crippen LogP contribution in [0.25, 0.3) is 0 Å². The van der Waals surface area contributed by atoms with Gasteiger partial charge in [0.2, 0.25) is 0 Å². The molecule has 2 rings (SSSR count). The summed E-state index contributed by atoms with van der Waals surface area (Å²) in [6.45, 7) is 2.13. The van der Waals surface area contributed by atoms with Crippen LogP contribution < -0.4 is 10.5 Å². The molecule has 0 aliphatic heterocycles. The van der Waals surface area contributed by atoms with Crippen molar-refractivity contribution in [3.63, 3.8) is 0 Å². The monoisotopic (exact) mass is 353 g/mol. The van der Waals surface area contributed by atoms with Crippen molar-refractivity contribution < 1.29 is 9.13 Å². The molecule has 2 N–H and O–H groups in total. The van der Waals surface area contributed by atoms with E-state index in [1.165, 1.54) is 6.07 Å². The van der Waals surface area contributed by atoms with Crippen LogP contribution in [0.5, 0.6) is 5.75 Å². The number of thiocarbonyl (C=S) groups is 1. The first-order valence-electron chi connectivity index (χ1n) is 5.94. The minimum Gasteiger partial charge on any atom is -0.488 e. The first kappa shape index (κ1) is 14.9. The van der Waals surface area contributed by atoms with Gasteiger partial charge in [-0.05, 0) is 46.6 Å². The molecule has 0 radical (unpaired) electrons. The second kappa shape index (κ2) is 6.33. The fourth-order valence-corrected chi connectivity index (χ4v) is 2.43. The zero-order chi connectivity index (χ0) is 14.7. The van der Waals surface area contributed by atoms with Crippen LogP contribution in [0.15, 0.2) is 40.9 Å². The van der Waals surface area contributed by atoms with E-state index in [1.807, 2.05) is 25.1 Å². The van der Waals surface area contributed by atoms with Crippen LogP contribution >= 0.6 is 28.1 Å². The van der Waals surface area contributed by atoms with Crippen molar-refractivity contribution in [2.45, 2.75) is 13.5 Å². The van der Waals surface area contributed by atoms with Crippen LogP contribution in [0.3, 0.4) is 0 Å². The molecule has 0 fully saturated rings. The van der Waals surface area contributed by atoms with Crippen molar-refractivity contribution >= 4 is 33.1 Å². The Balaban J connectivity index is 2.13. The highest BCUT2D eigenvalue weighted by molar-refractivity contribution is 9.10. The van der Waals surface area contributed by atoms with Gasteiger partial charge >= 0.3 is 0 Å². The Bertz CT molecular complexity index is 660.